The molecule has 2 amide bonds. The third kappa shape index (κ3) is 7.81. The van der Waals surface area contributed by atoms with Gasteiger partial charge in [0.1, 0.15) is 11.8 Å². The van der Waals surface area contributed by atoms with Gasteiger partial charge in [-0.1, -0.05) is 19.1 Å². The Morgan fingerprint density at radius 1 is 1.17 bits per heavy atom. The molecule has 0 bridgehead atoms. The van der Waals surface area contributed by atoms with Crippen molar-refractivity contribution in [3.8, 4) is 5.75 Å². The molecule has 7 nitrogen and oxygen atoms in total. The molecule has 0 aromatic heterocycles. The van der Waals surface area contributed by atoms with Crippen molar-refractivity contribution in [3.63, 3.8) is 0 Å². The molecule has 1 aromatic carbocycles. The number of hydrogen-bond donors (Lipinski definition) is 2. The summed E-state index contributed by atoms with van der Waals surface area (Å²) >= 11 is 1.66. The zero-order valence-electron chi connectivity index (χ0n) is 18.5. The third-order valence-corrected chi connectivity index (χ3v) is 6.09. The SMILES string of the molecule is CCN1CCN(CCCNC(=O)C(CCSC)NC(=O)c2ccccc2OC)CC1. The van der Waals surface area contributed by atoms with Gasteiger partial charge in [0.2, 0.25) is 5.91 Å². The van der Waals surface area contributed by atoms with Crippen LogP contribution < -0.4 is 15.4 Å². The molecule has 0 radical (unpaired) electrons. The minimum Gasteiger partial charge on any atom is -0.496 e. The van der Waals surface area contributed by atoms with Crippen molar-refractivity contribution in [1.29, 1.82) is 0 Å². The van der Waals surface area contributed by atoms with Crippen molar-refractivity contribution >= 4 is 23.6 Å². The van der Waals surface area contributed by atoms with E-state index in [4.69, 9.17) is 4.74 Å². The number of amides is 2. The van der Waals surface area contributed by atoms with Crippen molar-refractivity contribution in [2.75, 3.05) is 64.9 Å². The normalized spacial score (nSPS) is 16.1. The number of rotatable bonds is 12. The van der Waals surface area contributed by atoms with Gasteiger partial charge < -0.3 is 25.2 Å². The van der Waals surface area contributed by atoms with Crippen LogP contribution in [0.1, 0.15) is 30.1 Å². The van der Waals surface area contributed by atoms with Gasteiger partial charge in [-0.2, -0.15) is 11.8 Å². The summed E-state index contributed by atoms with van der Waals surface area (Å²) in [5.74, 6) is 0.888. The van der Waals surface area contributed by atoms with E-state index in [2.05, 4.69) is 27.4 Å². The van der Waals surface area contributed by atoms with Gasteiger partial charge in [-0.3, -0.25) is 9.59 Å². The number of benzene rings is 1. The Kier molecular flexibility index (Phi) is 11.0. The molecule has 8 heteroatoms. The molecule has 1 fully saturated rings. The van der Waals surface area contributed by atoms with Crippen LogP contribution in [0.15, 0.2) is 24.3 Å². The first kappa shape index (κ1) is 24.5. The Morgan fingerprint density at radius 2 is 1.87 bits per heavy atom. The second-order valence-corrected chi connectivity index (χ2v) is 8.41. The van der Waals surface area contributed by atoms with Crippen molar-refractivity contribution in [1.82, 2.24) is 20.4 Å². The van der Waals surface area contributed by atoms with E-state index in [1.165, 1.54) is 7.11 Å². The number of hydrogen-bond acceptors (Lipinski definition) is 6. The summed E-state index contributed by atoms with van der Waals surface area (Å²) in [4.78, 5) is 30.3. The number of nitrogens with one attached hydrogen (secondary N) is 2. The number of para-hydroxylation sites is 1. The summed E-state index contributed by atoms with van der Waals surface area (Å²) < 4.78 is 5.27. The van der Waals surface area contributed by atoms with E-state index in [0.717, 1.165) is 51.4 Å². The molecule has 1 atom stereocenters. The van der Waals surface area contributed by atoms with Crippen LogP contribution in [-0.4, -0.2) is 92.6 Å². The van der Waals surface area contributed by atoms with Gasteiger partial charge in [0.15, 0.2) is 0 Å². The Bertz CT molecular complexity index is 666. The lowest BCUT2D eigenvalue weighted by Crippen LogP contribution is -2.48. The minimum atomic E-state index is -0.553. The molecule has 1 saturated heterocycles. The number of likely N-dealkylation sites (N-methyl/N-ethyl adjacent to an activating group) is 1. The standard InChI is InChI=1S/C22H36N4O3S/c1-4-25-13-15-26(16-14-25)12-7-11-23-22(28)19(10-17-30-3)24-21(27)18-8-5-6-9-20(18)29-2/h5-6,8-9,19H,4,7,10-17H2,1-3H3,(H,23,28)(H,24,27). The van der Waals surface area contributed by atoms with Gasteiger partial charge in [0, 0.05) is 32.7 Å². The molecule has 2 rings (SSSR count). The molecule has 0 spiro atoms. The minimum absolute atomic E-state index is 0.122. The predicted octanol–water partition coefficient (Wildman–Crippen LogP) is 1.69. The van der Waals surface area contributed by atoms with Crippen molar-refractivity contribution < 1.29 is 14.3 Å². The average molecular weight is 437 g/mol. The molecule has 168 valence electrons. The molecule has 1 unspecified atom stereocenters. The van der Waals surface area contributed by atoms with E-state index in [0.29, 0.717) is 24.3 Å². The van der Waals surface area contributed by atoms with Gasteiger partial charge in [0.05, 0.1) is 12.7 Å². The first-order chi connectivity index (χ1) is 14.6. The second-order valence-electron chi connectivity index (χ2n) is 7.43. The van der Waals surface area contributed by atoms with E-state index < -0.39 is 6.04 Å². The molecule has 1 aliphatic rings. The quantitative estimate of drug-likeness (QED) is 0.486. The topological polar surface area (TPSA) is 73.9 Å². The van der Waals surface area contributed by atoms with Crippen LogP contribution in [0.3, 0.4) is 0 Å². The fourth-order valence-corrected chi connectivity index (χ4v) is 4.01. The van der Waals surface area contributed by atoms with Gasteiger partial charge in [-0.15, -0.1) is 0 Å². The van der Waals surface area contributed by atoms with Gasteiger partial charge in [-0.25, -0.2) is 0 Å². The van der Waals surface area contributed by atoms with E-state index in [1.807, 2.05) is 12.3 Å². The van der Waals surface area contributed by atoms with E-state index in [1.54, 1.807) is 30.0 Å². The lowest BCUT2D eigenvalue weighted by molar-refractivity contribution is -0.123. The zero-order valence-corrected chi connectivity index (χ0v) is 19.3. The number of ether oxygens (including phenoxy) is 1. The zero-order chi connectivity index (χ0) is 21.8. The van der Waals surface area contributed by atoms with Crippen LogP contribution in [0.25, 0.3) is 0 Å². The number of carbonyl (C=O) groups is 2. The Hall–Kier alpha value is -1.77. The maximum absolute atomic E-state index is 12.7. The summed E-state index contributed by atoms with van der Waals surface area (Å²) in [7, 11) is 1.53. The van der Waals surface area contributed by atoms with Crippen LogP contribution in [0, 0.1) is 0 Å². The molecule has 1 aliphatic heterocycles. The lowest BCUT2D eigenvalue weighted by atomic mass is 10.1. The van der Waals surface area contributed by atoms with Crippen molar-refractivity contribution in [2.45, 2.75) is 25.8 Å². The fraction of sp³-hybridized carbons (Fsp3) is 0.636. The molecule has 1 heterocycles. The summed E-state index contributed by atoms with van der Waals surface area (Å²) in [6, 6.07) is 6.50. The number of piperazine rings is 1. The van der Waals surface area contributed by atoms with Crippen LogP contribution >= 0.6 is 11.8 Å². The molecule has 0 aliphatic carbocycles. The number of thioether (sulfide) groups is 1. The van der Waals surface area contributed by atoms with Crippen LogP contribution in [-0.2, 0) is 4.79 Å². The largest absolute Gasteiger partial charge is 0.496 e. The highest BCUT2D eigenvalue weighted by Gasteiger charge is 2.22. The Labute approximate surface area is 184 Å². The summed E-state index contributed by atoms with van der Waals surface area (Å²) in [5, 5.41) is 5.89. The van der Waals surface area contributed by atoms with E-state index >= 15 is 0 Å². The monoisotopic (exact) mass is 436 g/mol. The maximum Gasteiger partial charge on any atom is 0.255 e. The van der Waals surface area contributed by atoms with Crippen LogP contribution in [0.5, 0.6) is 5.75 Å². The summed E-state index contributed by atoms with van der Waals surface area (Å²) in [6.45, 7) is 9.34. The highest BCUT2D eigenvalue weighted by atomic mass is 32.2. The average Bonchev–Trinajstić information content (AvgIpc) is 2.79. The fourth-order valence-electron chi connectivity index (χ4n) is 3.54. The van der Waals surface area contributed by atoms with Crippen molar-refractivity contribution in [3.05, 3.63) is 29.8 Å². The van der Waals surface area contributed by atoms with Crippen LogP contribution in [0.4, 0.5) is 0 Å². The maximum atomic E-state index is 12.7. The first-order valence-electron chi connectivity index (χ1n) is 10.7. The van der Waals surface area contributed by atoms with Gasteiger partial charge in [-0.05, 0) is 50.1 Å². The smallest absolute Gasteiger partial charge is 0.255 e. The molecular formula is C22H36N4O3S. The third-order valence-electron chi connectivity index (χ3n) is 5.45. The van der Waals surface area contributed by atoms with E-state index in [9.17, 15) is 9.59 Å². The molecule has 30 heavy (non-hydrogen) atoms. The number of methoxy groups -OCH3 is 1. The Balaban J connectivity index is 1.80. The predicted molar refractivity (Wildman–Crippen MR) is 123 cm³/mol. The highest BCUT2D eigenvalue weighted by Crippen LogP contribution is 2.17. The first-order valence-corrected chi connectivity index (χ1v) is 12.1. The lowest BCUT2D eigenvalue weighted by Gasteiger charge is -2.34. The molecule has 1 aromatic rings. The second kappa shape index (κ2) is 13.5. The summed E-state index contributed by atoms with van der Waals surface area (Å²) in [6.07, 6.45) is 3.50. The van der Waals surface area contributed by atoms with E-state index in [-0.39, 0.29) is 11.8 Å². The van der Waals surface area contributed by atoms with Gasteiger partial charge >= 0.3 is 0 Å². The highest BCUT2D eigenvalue weighted by molar-refractivity contribution is 7.98. The Morgan fingerprint density at radius 3 is 2.53 bits per heavy atom. The van der Waals surface area contributed by atoms with Crippen LogP contribution in [0.2, 0.25) is 0 Å². The van der Waals surface area contributed by atoms with Gasteiger partial charge in [0.25, 0.3) is 5.91 Å². The number of nitrogens with zero attached hydrogens (tertiary/aromatic N) is 2. The van der Waals surface area contributed by atoms with Crippen molar-refractivity contribution in [2.24, 2.45) is 0 Å². The molecule has 0 saturated carbocycles. The molecular weight excluding hydrogens is 400 g/mol. The summed E-state index contributed by atoms with van der Waals surface area (Å²) in [5.41, 5.74) is 0.438. The molecule has 2 N–H and O–H groups in total. The number of carbonyl (C=O) groups excluding carboxylic acids is 2.